The van der Waals surface area contributed by atoms with Crippen molar-refractivity contribution in [3.63, 3.8) is 0 Å². The van der Waals surface area contributed by atoms with Crippen LogP contribution < -0.4 is 5.32 Å². The summed E-state index contributed by atoms with van der Waals surface area (Å²) in [7, 11) is 0. The van der Waals surface area contributed by atoms with Gasteiger partial charge in [0.15, 0.2) is 0 Å². The number of hydrogen-bond acceptors (Lipinski definition) is 5. The van der Waals surface area contributed by atoms with Crippen molar-refractivity contribution in [1.82, 2.24) is 20.0 Å². The van der Waals surface area contributed by atoms with Gasteiger partial charge in [-0.25, -0.2) is 0 Å². The molecule has 8 heteroatoms. The quantitative estimate of drug-likeness (QED) is 0.656. The lowest BCUT2D eigenvalue weighted by Gasteiger charge is -2.36. The van der Waals surface area contributed by atoms with Gasteiger partial charge in [0.1, 0.15) is 12.6 Å². The minimum atomic E-state index is -0.284. The molecular formula is C22H30N4O4. The first kappa shape index (κ1) is 20.8. The number of morpholine rings is 1. The molecular weight excluding hydrogens is 384 g/mol. The zero-order valence-corrected chi connectivity index (χ0v) is 17.3. The summed E-state index contributed by atoms with van der Waals surface area (Å²) in [6, 6.07) is 7.01. The first-order valence-electron chi connectivity index (χ1n) is 10.9. The summed E-state index contributed by atoms with van der Waals surface area (Å²) in [6.07, 6.45) is 2.56. The van der Waals surface area contributed by atoms with E-state index in [-0.39, 0.29) is 30.3 Å². The molecule has 162 valence electrons. The molecule has 4 rings (SSSR count). The highest BCUT2D eigenvalue weighted by Gasteiger charge is 2.41. The molecule has 1 N–H and O–H groups in total. The van der Waals surface area contributed by atoms with Crippen LogP contribution in [0.4, 0.5) is 0 Å². The van der Waals surface area contributed by atoms with E-state index >= 15 is 0 Å². The highest BCUT2D eigenvalue weighted by Crippen LogP contribution is 2.24. The minimum absolute atomic E-state index is 0.0326. The lowest BCUT2D eigenvalue weighted by atomic mass is 10.1. The monoisotopic (exact) mass is 414 g/mol. The van der Waals surface area contributed by atoms with Crippen molar-refractivity contribution in [3.8, 4) is 0 Å². The van der Waals surface area contributed by atoms with Gasteiger partial charge in [0, 0.05) is 38.3 Å². The maximum absolute atomic E-state index is 12.7. The van der Waals surface area contributed by atoms with E-state index in [9.17, 15) is 14.4 Å². The smallest absolute Gasteiger partial charge is 0.251 e. The summed E-state index contributed by atoms with van der Waals surface area (Å²) < 4.78 is 5.34. The third kappa shape index (κ3) is 4.82. The van der Waals surface area contributed by atoms with Gasteiger partial charge in [-0.3, -0.25) is 19.3 Å². The van der Waals surface area contributed by atoms with Crippen LogP contribution in [-0.4, -0.2) is 90.9 Å². The minimum Gasteiger partial charge on any atom is -0.379 e. The summed E-state index contributed by atoms with van der Waals surface area (Å²) >= 11 is 0. The Bertz CT molecular complexity index is 776. The average Bonchev–Trinajstić information content (AvgIpc) is 3.27. The van der Waals surface area contributed by atoms with Crippen molar-refractivity contribution in [2.45, 2.75) is 31.8 Å². The van der Waals surface area contributed by atoms with Crippen molar-refractivity contribution < 1.29 is 19.1 Å². The van der Waals surface area contributed by atoms with Crippen molar-refractivity contribution in [2.75, 3.05) is 52.5 Å². The Morgan fingerprint density at radius 1 is 1.10 bits per heavy atom. The van der Waals surface area contributed by atoms with Crippen molar-refractivity contribution in [2.24, 2.45) is 0 Å². The molecule has 3 aliphatic rings. The molecule has 8 nitrogen and oxygen atoms in total. The number of rotatable bonds is 7. The third-order valence-corrected chi connectivity index (χ3v) is 6.13. The Labute approximate surface area is 177 Å². The van der Waals surface area contributed by atoms with E-state index < -0.39 is 0 Å². The molecule has 0 unspecified atom stereocenters. The third-order valence-electron chi connectivity index (χ3n) is 6.13. The lowest BCUT2D eigenvalue weighted by molar-refractivity contribution is -0.154. The SMILES string of the molecule is O=C(NCCCN1CCOCC1)c1ccc(CN2CC(=O)N3CCC[C@@H]3C2=O)cc1. The number of nitrogens with zero attached hydrogens (tertiary/aromatic N) is 3. The van der Waals surface area contributed by atoms with Crippen LogP contribution in [0.15, 0.2) is 24.3 Å². The molecule has 0 spiro atoms. The number of benzene rings is 1. The first-order chi connectivity index (χ1) is 14.6. The maximum Gasteiger partial charge on any atom is 0.251 e. The van der Waals surface area contributed by atoms with Gasteiger partial charge >= 0.3 is 0 Å². The van der Waals surface area contributed by atoms with E-state index in [1.54, 1.807) is 21.9 Å². The van der Waals surface area contributed by atoms with Gasteiger partial charge in [0.2, 0.25) is 11.8 Å². The van der Waals surface area contributed by atoms with Gasteiger partial charge < -0.3 is 19.9 Å². The number of nitrogens with one attached hydrogen (secondary N) is 1. The molecule has 0 aliphatic carbocycles. The largest absolute Gasteiger partial charge is 0.379 e. The average molecular weight is 415 g/mol. The molecule has 3 aliphatic heterocycles. The molecule has 1 aromatic rings. The Kier molecular flexibility index (Phi) is 6.64. The summed E-state index contributed by atoms with van der Waals surface area (Å²) in [6.45, 7) is 6.32. The van der Waals surface area contributed by atoms with E-state index in [1.165, 1.54) is 0 Å². The number of hydrogen-bond donors (Lipinski definition) is 1. The molecule has 0 radical (unpaired) electrons. The molecule has 1 aromatic carbocycles. The van der Waals surface area contributed by atoms with Gasteiger partial charge in [-0.15, -0.1) is 0 Å². The van der Waals surface area contributed by atoms with E-state index in [1.807, 2.05) is 12.1 Å². The van der Waals surface area contributed by atoms with Crippen LogP contribution in [-0.2, 0) is 20.9 Å². The molecule has 0 bridgehead atoms. The van der Waals surface area contributed by atoms with Crippen molar-refractivity contribution in [1.29, 1.82) is 0 Å². The predicted molar refractivity (Wildman–Crippen MR) is 111 cm³/mol. The van der Waals surface area contributed by atoms with Gasteiger partial charge in [-0.2, -0.15) is 0 Å². The number of carbonyl (C=O) groups excluding carboxylic acids is 3. The topological polar surface area (TPSA) is 82.2 Å². The summed E-state index contributed by atoms with van der Waals surface area (Å²) in [5, 5.41) is 2.97. The van der Waals surface area contributed by atoms with Crippen molar-refractivity contribution >= 4 is 17.7 Å². The molecule has 3 heterocycles. The van der Waals surface area contributed by atoms with E-state index in [0.29, 0.717) is 25.2 Å². The molecule has 30 heavy (non-hydrogen) atoms. The molecule has 3 fully saturated rings. The van der Waals surface area contributed by atoms with Crippen LogP contribution in [0, 0.1) is 0 Å². The fourth-order valence-corrected chi connectivity index (χ4v) is 4.41. The zero-order chi connectivity index (χ0) is 20.9. The summed E-state index contributed by atoms with van der Waals surface area (Å²) in [5.41, 5.74) is 1.53. The van der Waals surface area contributed by atoms with Crippen LogP contribution >= 0.6 is 0 Å². The van der Waals surface area contributed by atoms with E-state index in [4.69, 9.17) is 4.74 Å². The van der Waals surface area contributed by atoms with Crippen LogP contribution in [0.3, 0.4) is 0 Å². The highest BCUT2D eigenvalue weighted by molar-refractivity contribution is 5.95. The van der Waals surface area contributed by atoms with Crippen molar-refractivity contribution in [3.05, 3.63) is 35.4 Å². The fourth-order valence-electron chi connectivity index (χ4n) is 4.41. The standard InChI is InChI=1S/C22H30N4O4/c27-20-16-25(22(29)19-3-1-10-26(19)20)15-17-4-6-18(7-5-17)21(28)23-8-2-9-24-11-13-30-14-12-24/h4-7,19H,1-3,8-16H2,(H,23,28)/t19-/m1/s1. The molecule has 0 saturated carbocycles. The molecule has 0 aromatic heterocycles. The van der Waals surface area contributed by atoms with E-state index in [2.05, 4.69) is 10.2 Å². The normalized spacial score (nSPS) is 22.3. The van der Waals surface area contributed by atoms with Gasteiger partial charge in [0.25, 0.3) is 5.91 Å². The van der Waals surface area contributed by atoms with Crippen LogP contribution in [0.1, 0.15) is 35.2 Å². The molecule has 1 atom stereocenters. The van der Waals surface area contributed by atoms with Crippen LogP contribution in [0.5, 0.6) is 0 Å². The Morgan fingerprint density at radius 2 is 1.87 bits per heavy atom. The van der Waals surface area contributed by atoms with Crippen LogP contribution in [0.2, 0.25) is 0 Å². The molecule has 3 saturated heterocycles. The zero-order valence-electron chi connectivity index (χ0n) is 17.3. The second kappa shape index (κ2) is 9.57. The number of carbonyl (C=O) groups is 3. The number of ether oxygens (including phenoxy) is 1. The Morgan fingerprint density at radius 3 is 2.63 bits per heavy atom. The first-order valence-corrected chi connectivity index (χ1v) is 10.9. The second-order valence-electron chi connectivity index (χ2n) is 8.20. The van der Waals surface area contributed by atoms with Gasteiger partial charge in [0.05, 0.1) is 13.2 Å². The number of amides is 3. The second-order valence-corrected chi connectivity index (χ2v) is 8.20. The Balaban J connectivity index is 1.24. The van der Waals surface area contributed by atoms with Gasteiger partial charge in [-0.1, -0.05) is 12.1 Å². The maximum atomic E-state index is 12.7. The van der Waals surface area contributed by atoms with Crippen LogP contribution in [0.25, 0.3) is 0 Å². The van der Waals surface area contributed by atoms with Gasteiger partial charge in [-0.05, 0) is 43.5 Å². The number of fused-ring (bicyclic) bond motifs is 1. The highest BCUT2D eigenvalue weighted by atomic mass is 16.5. The molecule has 3 amide bonds. The summed E-state index contributed by atoms with van der Waals surface area (Å²) in [5.74, 6) is -0.0197. The predicted octanol–water partition coefficient (Wildman–Crippen LogP) is 0.472. The Hall–Kier alpha value is -2.45. The summed E-state index contributed by atoms with van der Waals surface area (Å²) in [4.78, 5) is 43.0. The fraction of sp³-hybridized carbons (Fsp3) is 0.591. The van der Waals surface area contributed by atoms with E-state index in [0.717, 1.165) is 57.7 Å². The number of piperazine rings is 1. The lowest BCUT2D eigenvalue weighted by Crippen LogP contribution is -2.56.